The third-order valence-electron chi connectivity index (χ3n) is 4.26. The van der Waals surface area contributed by atoms with Crippen LogP contribution >= 0.6 is 0 Å². The van der Waals surface area contributed by atoms with Crippen LogP contribution in [0, 0.1) is 12.8 Å². The third kappa shape index (κ3) is 4.42. The van der Waals surface area contributed by atoms with Gasteiger partial charge in [0.1, 0.15) is 6.26 Å². The first-order valence-electron chi connectivity index (χ1n) is 8.19. The topological polar surface area (TPSA) is 67.2 Å². The van der Waals surface area contributed by atoms with E-state index in [-0.39, 0.29) is 5.91 Å². The van der Waals surface area contributed by atoms with Gasteiger partial charge in [0, 0.05) is 12.0 Å². The van der Waals surface area contributed by atoms with Crippen molar-refractivity contribution >= 4 is 5.91 Å². The number of carbonyl (C=O) groups excluding carboxylic acids is 1. The highest BCUT2D eigenvalue weighted by Gasteiger charge is 2.15. The Hall–Kier alpha value is -2.14. The Labute approximate surface area is 136 Å². The molecule has 3 rings (SSSR count). The number of benzene rings is 1. The lowest BCUT2D eigenvalue weighted by atomic mass is 10.0. The molecule has 0 bridgehead atoms. The first kappa shape index (κ1) is 15.7. The number of oxazole rings is 1. The van der Waals surface area contributed by atoms with Crippen LogP contribution in [0.3, 0.4) is 0 Å². The molecule has 0 spiro atoms. The zero-order valence-electron chi connectivity index (χ0n) is 13.5. The van der Waals surface area contributed by atoms with E-state index in [0.29, 0.717) is 24.8 Å². The van der Waals surface area contributed by atoms with Gasteiger partial charge in [-0.05, 0) is 50.9 Å². The van der Waals surface area contributed by atoms with Crippen LogP contribution in [0.25, 0.3) is 11.5 Å². The van der Waals surface area contributed by atoms with Crippen molar-refractivity contribution in [1.29, 1.82) is 0 Å². The van der Waals surface area contributed by atoms with E-state index in [1.807, 2.05) is 31.2 Å². The number of carbonyl (C=O) groups is 1. The molecule has 1 unspecified atom stereocenters. The number of amides is 1. The van der Waals surface area contributed by atoms with Crippen molar-refractivity contribution in [2.24, 2.45) is 5.92 Å². The van der Waals surface area contributed by atoms with E-state index in [2.05, 4.69) is 15.6 Å². The molecule has 1 amide bonds. The largest absolute Gasteiger partial charge is 0.444 e. The summed E-state index contributed by atoms with van der Waals surface area (Å²) in [5.41, 5.74) is 2.89. The molecule has 5 heteroatoms. The molecule has 23 heavy (non-hydrogen) atoms. The second-order valence-corrected chi connectivity index (χ2v) is 6.18. The van der Waals surface area contributed by atoms with Gasteiger partial charge in [0.2, 0.25) is 11.8 Å². The normalized spacial score (nSPS) is 17.3. The molecular formula is C18H23N3O2. The predicted octanol–water partition coefficient (Wildman–Crippen LogP) is 2.66. The quantitative estimate of drug-likeness (QED) is 0.860. The molecule has 0 radical (unpaired) electrons. The molecule has 1 aliphatic heterocycles. The van der Waals surface area contributed by atoms with Gasteiger partial charge >= 0.3 is 0 Å². The second kappa shape index (κ2) is 7.42. The van der Waals surface area contributed by atoms with Crippen LogP contribution in [0.4, 0.5) is 0 Å². The molecule has 0 saturated carbocycles. The molecule has 1 aromatic heterocycles. The van der Waals surface area contributed by atoms with Crippen LogP contribution in [0.1, 0.15) is 30.5 Å². The van der Waals surface area contributed by atoms with Crippen molar-refractivity contribution in [3.63, 3.8) is 0 Å². The Kier molecular flexibility index (Phi) is 5.08. The number of aryl methyl sites for hydroxylation is 1. The van der Waals surface area contributed by atoms with Crippen molar-refractivity contribution in [1.82, 2.24) is 15.6 Å². The number of aromatic nitrogens is 1. The average molecular weight is 313 g/mol. The standard InChI is InChI=1S/C18H23N3O2/c1-13-2-5-15(6-3-13)18-21-16(12-23-18)11-20-17(22)7-4-14-8-9-19-10-14/h2-3,5-6,12,14,19H,4,7-11H2,1H3,(H,20,22). The van der Waals surface area contributed by atoms with Gasteiger partial charge in [0.15, 0.2) is 0 Å². The van der Waals surface area contributed by atoms with Gasteiger partial charge in [0.05, 0.1) is 12.2 Å². The Morgan fingerprint density at radius 1 is 1.39 bits per heavy atom. The summed E-state index contributed by atoms with van der Waals surface area (Å²) in [5, 5.41) is 6.24. The lowest BCUT2D eigenvalue weighted by Crippen LogP contribution is -2.23. The zero-order chi connectivity index (χ0) is 16.1. The summed E-state index contributed by atoms with van der Waals surface area (Å²) in [5.74, 6) is 1.31. The molecule has 1 saturated heterocycles. The predicted molar refractivity (Wildman–Crippen MR) is 88.7 cm³/mol. The maximum absolute atomic E-state index is 11.9. The number of hydrogen-bond acceptors (Lipinski definition) is 4. The van der Waals surface area contributed by atoms with E-state index >= 15 is 0 Å². The first-order chi connectivity index (χ1) is 11.2. The van der Waals surface area contributed by atoms with Gasteiger partial charge in [-0.1, -0.05) is 17.7 Å². The molecule has 2 aromatic rings. The number of nitrogens with zero attached hydrogens (tertiary/aromatic N) is 1. The molecule has 0 aliphatic carbocycles. The highest BCUT2D eigenvalue weighted by atomic mass is 16.3. The minimum atomic E-state index is 0.0804. The molecule has 1 aromatic carbocycles. The molecular weight excluding hydrogens is 290 g/mol. The third-order valence-corrected chi connectivity index (χ3v) is 4.26. The Bertz CT molecular complexity index is 643. The Morgan fingerprint density at radius 3 is 2.96 bits per heavy atom. The zero-order valence-corrected chi connectivity index (χ0v) is 13.5. The van der Waals surface area contributed by atoms with Gasteiger partial charge in [-0.25, -0.2) is 4.98 Å². The summed E-state index contributed by atoms with van der Waals surface area (Å²) in [4.78, 5) is 16.3. The monoisotopic (exact) mass is 313 g/mol. The van der Waals surface area contributed by atoms with Gasteiger partial charge in [0.25, 0.3) is 0 Å². The van der Waals surface area contributed by atoms with Crippen molar-refractivity contribution in [2.45, 2.75) is 32.7 Å². The number of nitrogens with one attached hydrogen (secondary N) is 2. The van der Waals surface area contributed by atoms with Crippen molar-refractivity contribution in [3.05, 3.63) is 41.8 Å². The minimum Gasteiger partial charge on any atom is -0.444 e. The van der Waals surface area contributed by atoms with Crippen LogP contribution in [-0.4, -0.2) is 24.0 Å². The Morgan fingerprint density at radius 2 is 2.22 bits per heavy atom. The molecule has 122 valence electrons. The van der Waals surface area contributed by atoms with Crippen LogP contribution in [-0.2, 0) is 11.3 Å². The molecule has 2 N–H and O–H groups in total. The Balaban J connectivity index is 1.47. The van der Waals surface area contributed by atoms with E-state index < -0.39 is 0 Å². The fourth-order valence-electron chi connectivity index (χ4n) is 2.79. The highest BCUT2D eigenvalue weighted by Crippen LogP contribution is 2.19. The molecule has 5 nitrogen and oxygen atoms in total. The minimum absolute atomic E-state index is 0.0804. The summed E-state index contributed by atoms with van der Waals surface area (Å²) in [6.07, 6.45) is 4.31. The molecule has 1 aliphatic rings. The summed E-state index contributed by atoms with van der Waals surface area (Å²) >= 11 is 0. The second-order valence-electron chi connectivity index (χ2n) is 6.18. The van der Waals surface area contributed by atoms with Gasteiger partial charge in [-0.15, -0.1) is 0 Å². The SMILES string of the molecule is Cc1ccc(-c2nc(CNC(=O)CCC3CCNC3)co2)cc1. The first-order valence-corrected chi connectivity index (χ1v) is 8.19. The van der Waals surface area contributed by atoms with Crippen LogP contribution in [0.2, 0.25) is 0 Å². The fourth-order valence-corrected chi connectivity index (χ4v) is 2.79. The van der Waals surface area contributed by atoms with E-state index in [0.717, 1.165) is 30.8 Å². The molecule has 2 heterocycles. The van der Waals surface area contributed by atoms with Gasteiger partial charge < -0.3 is 15.1 Å². The summed E-state index contributed by atoms with van der Waals surface area (Å²) in [6, 6.07) is 8.02. The summed E-state index contributed by atoms with van der Waals surface area (Å²) < 4.78 is 5.49. The maximum Gasteiger partial charge on any atom is 0.226 e. The summed E-state index contributed by atoms with van der Waals surface area (Å²) in [6.45, 7) is 4.57. The van der Waals surface area contributed by atoms with Crippen molar-refractivity contribution < 1.29 is 9.21 Å². The van der Waals surface area contributed by atoms with Crippen LogP contribution in [0.5, 0.6) is 0 Å². The maximum atomic E-state index is 11.9. The average Bonchev–Trinajstić information content (AvgIpc) is 3.23. The van der Waals surface area contributed by atoms with Crippen molar-refractivity contribution in [2.75, 3.05) is 13.1 Å². The van der Waals surface area contributed by atoms with Gasteiger partial charge in [-0.3, -0.25) is 4.79 Å². The fraction of sp³-hybridized carbons (Fsp3) is 0.444. The lowest BCUT2D eigenvalue weighted by Gasteiger charge is -2.07. The summed E-state index contributed by atoms with van der Waals surface area (Å²) in [7, 11) is 0. The molecule has 1 fully saturated rings. The number of hydrogen-bond donors (Lipinski definition) is 2. The highest BCUT2D eigenvalue weighted by molar-refractivity contribution is 5.75. The van der Waals surface area contributed by atoms with E-state index in [9.17, 15) is 4.79 Å². The smallest absolute Gasteiger partial charge is 0.226 e. The van der Waals surface area contributed by atoms with Crippen LogP contribution < -0.4 is 10.6 Å². The lowest BCUT2D eigenvalue weighted by molar-refractivity contribution is -0.121. The van der Waals surface area contributed by atoms with E-state index in [1.165, 1.54) is 12.0 Å². The molecule has 1 atom stereocenters. The van der Waals surface area contributed by atoms with Crippen LogP contribution in [0.15, 0.2) is 34.9 Å². The van der Waals surface area contributed by atoms with E-state index in [1.54, 1.807) is 6.26 Å². The number of rotatable bonds is 6. The van der Waals surface area contributed by atoms with E-state index in [4.69, 9.17) is 4.42 Å². The van der Waals surface area contributed by atoms with Crippen molar-refractivity contribution in [3.8, 4) is 11.5 Å². The van der Waals surface area contributed by atoms with Gasteiger partial charge in [-0.2, -0.15) is 0 Å².